The lowest BCUT2D eigenvalue weighted by Gasteiger charge is -2.47. The van der Waals surface area contributed by atoms with Gasteiger partial charge in [-0.1, -0.05) is 11.6 Å². The Bertz CT molecular complexity index is 660. The molecule has 0 saturated carbocycles. The number of rotatable bonds is 1. The van der Waals surface area contributed by atoms with E-state index < -0.39 is 0 Å². The van der Waals surface area contributed by atoms with Crippen LogP contribution >= 0.6 is 23.5 Å². The van der Waals surface area contributed by atoms with Crippen LogP contribution in [-0.2, 0) is 0 Å². The molecule has 2 heterocycles. The minimum Gasteiger partial charge on any atom is -0.508 e. The van der Waals surface area contributed by atoms with Gasteiger partial charge >= 0.3 is 0 Å². The van der Waals surface area contributed by atoms with Crippen LogP contribution in [-0.4, -0.2) is 22.2 Å². The van der Waals surface area contributed by atoms with Gasteiger partial charge in [-0.15, -0.1) is 23.5 Å². The number of thioether (sulfide) groups is 2. The molecule has 2 aliphatic heterocycles. The van der Waals surface area contributed by atoms with Crippen molar-refractivity contribution in [3.05, 3.63) is 34.9 Å². The standard InChI is InChI=1S/C19H24O2S2/c1-11-4-5-14-13(8-11)17-15(20)9-12(18-22-6-7-23-18)10-16(17)21-19(14,2)3/h4,9-10,13-14,18,20H,5-8H2,1-3H3. The normalized spacial score (nSPS) is 29.4. The molecule has 0 bridgehead atoms. The van der Waals surface area contributed by atoms with Crippen molar-refractivity contribution in [1.29, 1.82) is 0 Å². The molecule has 1 aromatic rings. The fraction of sp³-hybridized carbons (Fsp3) is 0.579. The molecule has 1 aliphatic carbocycles. The number of ether oxygens (including phenoxy) is 1. The second-order valence-corrected chi connectivity index (χ2v) is 10.2. The summed E-state index contributed by atoms with van der Waals surface area (Å²) in [4.78, 5) is 0. The number of hydrogen-bond donors (Lipinski definition) is 1. The van der Waals surface area contributed by atoms with E-state index >= 15 is 0 Å². The van der Waals surface area contributed by atoms with Crippen LogP contribution in [0.5, 0.6) is 11.5 Å². The molecule has 124 valence electrons. The summed E-state index contributed by atoms with van der Waals surface area (Å²) in [6, 6.07) is 4.18. The van der Waals surface area contributed by atoms with Gasteiger partial charge in [-0.05, 0) is 51.3 Å². The Balaban J connectivity index is 1.79. The molecule has 1 aromatic carbocycles. The van der Waals surface area contributed by atoms with Gasteiger partial charge in [0.15, 0.2) is 0 Å². The highest BCUT2D eigenvalue weighted by atomic mass is 32.2. The molecule has 1 N–H and O–H groups in total. The number of hydrogen-bond acceptors (Lipinski definition) is 4. The van der Waals surface area contributed by atoms with Crippen molar-refractivity contribution < 1.29 is 9.84 Å². The molecule has 2 nitrogen and oxygen atoms in total. The average molecular weight is 349 g/mol. The van der Waals surface area contributed by atoms with Gasteiger partial charge < -0.3 is 9.84 Å². The van der Waals surface area contributed by atoms with Crippen molar-refractivity contribution in [2.75, 3.05) is 11.5 Å². The zero-order valence-corrected chi connectivity index (χ0v) is 15.6. The molecule has 0 amide bonds. The maximum atomic E-state index is 10.8. The van der Waals surface area contributed by atoms with Gasteiger partial charge in [-0.25, -0.2) is 0 Å². The second-order valence-electron chi connectivity index (χ2n) is 7.43. The zero-order valence-electron chi connectivity index (χ0n) is 14.0. The van der Waals surface area contributed by atoms with Crippen LogP contribution in [0.1, 0.15) is 55.2 Å². The number of aromatic hydroxyl groups is 1. The van der Waals surface area contributed by atoms with E-state index in [0.717, 1.165) is 24.2 Å². The number of phenolic OH excluding ortho intramolecular Hbond substituents is 1. The minimum atomic E-state index is -0.185. The SMILES string of the molecule is CC1=CCC2C(C1)c1c(O)cc(C3SCCS3)cc1OC2(C)C. The van der Waals surface area contributed by atoms with Crippen molar-refractivity contribution in [1.82, 2.24) is 0 Å². The first-order valence-corrected chi connectivity index (χ1v) is 10.5. The summed E-state index contributed by atoms with van der Waals surface area (Å²) in [6.07, 6.45) is 4.41. The predicted molar refractivity (Wildman–Crippen MR) is 99.7 cm³/mol. The summed E-state index contributed by atoms with van der Waals surface area (Å²) >= 11 is 3.93. The van der Waals surface area contributed by atoms with Gasteiger partial charge in [-0.3, -0.25) is 0 Å². The molecule has 4 rings (SSSR count). The van der Waals surface area contributed by atoms with Gasteiger partial charge in [0, 0.05) is 28.9 Å². The van der Waals surface area contributed by atoms with E-state index in [9.17, 15) is 5.11 Å². The summed E-state index contributed by atoms with van der Waals surface area (Å²) in [6.45, 7) is 6.60. The maximum Gasteiger partial charge on any atom is 0.127 e. The molecule has 2 atom stereocenters. The molecular formula is C19H24O2S2. The predicted octanol–water partition coefficient (Wildman–Crippen LogP) is 5.48. The molecule has 0 aromatic heterocycles. The second kappa shape index (κ2) is 5.66. The number of benzene rings is 1. The summed E-state index contributed by atoms with van der Waals surface area (Å²) in [5, 5.41) is 10.8. The van der Waals surface area contributed by atoms with Crippen LogP contribution in [0.4, 0.5) is 0 Å². The smallest absolute Gasteiger partial charge is 0.127 e. The Morgan fingerprint density at radius 1 is 1.22 bits per heavy atom. The molecular weight excluding hydrogens is 324 g/mol. The van der Waals surface area contributed by atoms with Crippen LogP contribution in [0.25, 0.3) is 0 Å². The van der Waals surface area contributed by atoms with Crippen LogP contribution in [0.2, 0.25) is 0 Å². The fourth-order valence-corrected chi connectivity index (χ4v) is 7.09. The summed E-state index contributed by atoms with van der Waals surface area (Å²) < 4.78 is 6.83. The van der Waals surface area contributed by atoms with E-state index in [4.69, 9.17) is 4.74 Å². The van der Waals surface area contributed by atoms with Gasteiger partial charge in [0.2, 0.25) is 0 Å². The number of allylic oxidation sites excluding steroid dienone is 2. The van der Waals surface area contributed by atoms with Crippen molar-refractivity contribution in [2.24, 2.45) is 5.92 Å². The highest BCUT2D eigenvalue weighted by molar-refractivity contribution is 8.19. The first-order chi connectivity index (χ1) is 11.0. The highest BCUT2D eigenvalue weighted by Crippen LogP contribution is 2.56. The van der Waals surface area contributed by atoms with Gasteiger partial charge in [0.05, 0.1) is 4.58 Å². The van der Waals surface area contributed by atoms with E-state index in [1.807, 2.05) is 29.6 Å². The number of fused-ring (bicyclic) bond motifs is 3. The highest BCUT2D eigenvalue weighted by Gasteiger charge is 2.45. The Morgan fingerprint density at radius 2 is 1.96 bits per heavy atom. The zero-order chi connectivity index (χ0) is 16.2. The van der Waals surface area contributed by atoms with Gasteiger partial charge in [0.1, 0.15) is 17.1 Å². The fourth-order valence-electron chi connectivity index (χ4n) is 4.27. The van der Waals surface area contributed by atoms with Crippen molar-refractivity contribution >= 4 is 23.5 Å². The summed E-state index contributed by atoms with van der Waals surface area (Å²) in [7, 11) is 0. The van der Waals surface area contributed by atoms with Crippen LogP contribution in [0, 0.1) is 5.92 Å². The van der Waals surface area contributed by atoms with Crippen molar-refractivity contribution in [3.63, 3.8) is 0 Å². The monoisotopic (exact) mass is 348 g/mol. The third-order valence-electron chi connectivity index (χ3n) is 5.42. The van der Waals surface area contributed by atoms with Crippen molar-refractivity contribution in [2.45, 2.75) is 49.7 Å². The Labute approximate surface area is 147 Å². The molecule has 2 unspecified atom stereocenters. The molecule has 4 heteroatoms. The third kappa shape index (κ3) is 2.68. The van der Waals surface area contributed by atoms with Crippen LogP contribution in [0.3, 0.4) is 0 Å². The van der Waals surface area contributed by atoms with Gasteiger partial charge in [0.25, 0.3) is 0 Å². The Morgan fingerprint density at radius 3 is 2.70 bits per heavy atom. The molecule has 23 heavy (non-hydrogen) atoms. The first-order valence-electron chi connectivity index (χ1n) is 8.40. The lowest BCUT2D eigenvalue weighted by Crippen LogP contribution is -2.45. The Hall–Kier alpha value is -0.740. The van der Waals surface area contributed by atoms with E-state index in [2.05, 4.69) is 32.9 Å². The van der Waals surface area contributed by atoms with Gasteiger partial charge in [-0.2, -0.15) is 0 Å². The molecule has 0 spiro atoms. The van der Waals surface area contributed by atoms with E-state index in [0.29, 0.717) is 22.2 Å². The minimum absolute atomic E-state index is 0.185. The molecule has 0 radical (unpaired) electrons. The molecule has 1 fully saturated rings. The van der Waals surface area contributed by atoms with E-state index in [-0.39, 0.29) is 5.60 Å². The van der Waals surface area contributed by atoms with E-state index in [1.54, 1.807) is 0 Å². The topological polar surface area (TPSA) is 29.5 Å². The quantitative estimate of drug-likeness (QED) is 0.680. The van der Waals surface area contributed by atoms with Crippen LogP contribution < -0.4 is 4.74 Å². The van der Waals surface area contributed by atoms with E-state index in [1.165, 1.54) is 22.6 Å². The Kier molecular flexibility index (Phi) is 3.88. The lowest BCUT2D eigenvalue weighted by atomic mass is 9.67. The first kappa shape index (κ1) is 15.8. The average Bonchev–Trinajstić information content (AvgIpc) is 2.99. The van der Waals surface area contributed by atoms with Crippen molar-refractivity contribution in [3.8, 4) is 11.5 Å². The largest absolute Gasteiger partial charge is 0.508 e. The summed E-state index contributed by atoms with van der Waals surface area (Å²) in [5.74, 6) is 4.53. The molecule has 1 saturated heterocycles. The summed E-state index contributed by atoms with van der Waals surface area (Å²) in [5.41, 5.74) is 3.49. The maximum absolute atomic E-state index is 10.8. The van der Waals surface area contributed by atoms with Crippen LogP contribution in [0.15, 0.2) is 23.8 Å². The molecule has 3 aliphatic rings. The lowest BCUT2D eigenvalue weighted by molar-refractivity contribution is 0.00755. The third-order valence-corrected chi connectivity index (χ3v) is 8.53. The number of phenols is 1.